The minimum absolute atomic E-state index is 0.142. The first-order chi connectivity index (χ1) is 6.72. The molecule has 0 saturated heterocycles. The lowest BCUT2D eigenvalue weighted by molar-refractivity contribution is -0.135. The van der Waals surface area contributed by atoms with Crippen LogP contribution < -0.4 is 4.74 Å². The summed E-state index contributed by atoms with van der Waals surface area (Å²) >= 11 is 0. The Morgan fingerprint density at radius 3 is 3.00 bits per heavy atom. The van der Waals surface area contributed by atoms with Gasteiger partial charge >= 0.3 is 5.97 Å². The molecule has 3 nitrogen and oxygen atoms in total. The van der Waals surface area contributed by atoms with Crippen LogP contribution in [0.25, 0.3) is 0 Å². The average molecular weight is 190 g/mol. The first kappa shape index (κ1) is 10.1. The largest absolute Gasteiger partial charge is 0.497 e. The lowest BCUT2D eigenvalue weighted by Gasteiger charge is -1.97. The number of rotatable bonds is 2. The minimum atomic E-state index is -0.916. The topological polar surface area (TPSA) is 46.5 Å². The molecule has 1 aromatic carbocycles. The molecule has 0 radical (unpaired) electrons. The molecule has 0 unspecified atom stereocenters. The molecule has 0 aromatic heterocycles. The molecular formula is C11H10O3. The lowest BCUT2D eigenvalue weighted by atomic mass is 10.2. The van der Waals surface area contributed by atoms with Crippen LogP contribution in [0.15, 0.2) is 24.3 Å². The van der Waals surface area contributed by atoms with Gasteiger partial charge in [-0.25, -0.2) is 0 Å². The summed E-state index contributed by atoms with van der Waals surface area (Å²) in [6, 6.07) is 7.18. The van der Waals surface area contributed by atoms with Crippen LogP contribution in [0.5, 0.6) is 5.75 Å². The molecule has 0 amide bonds. The number of benzene rings is 1. The standard InChI is InChI=1S/C11H10O3/c1-14-10-6-2-4-9(8-10)5-3-7-11(12)13/h2,4,6,8H,7H2,1H3,(H,12,13). The highest BCUT2D eigenvalue weighted by atomic mass is 16.5. The number of carboxylic acid groups (broad SMARTS) is 1. The molecule has 3 heteroatoms. The maximum Gasteiger partial charge on any atom is 0.315 e. The van der Waals surface area contributed by atoms with Gasteiger partial charge in [0, 0.05) is 5.56 Å². The Morgan fingerprint density at radius 1 is 1.57 bits per heavy atom. The molecule has 14 heavy (non-hydrogen) atoms. The van der Waals surface area contributed by atoms with E-state index in [1.165, 1.54) is 0 Å². The van der Waals surface area contributed by atoms with E-state index in [2.05, 4.69) is 11.8 Å². The van der Waals surface area contributed by atoms with Crippen molar-refractivity contribution in [1.29, 1.82) is 0 Å². The number of methoxy groups -OCH3 is 1. The molecule has 0 aliphatic carbocycles. The summed E-state index contributed by atoms with van der Waals surface area (Å²) in [5.41, 5.74) is 0.755. The summed E-state index contributed by atoms with van der Waals surface area (Å²) in [7, 11) is 1.57. The number of carboxylic acids is 1. The molecule has 1 aromatic rings. The van der Waals surface area contributed by atoms with Gasteiger partial charge in [0.1, 0.15) is 12.2 Å². The molecule has 1 rings (SSSR count). The van der Waals surface area contributed by atoms with Crippen molar-refractivity contribution >= 4 is 5.97 Å². The van der Waals surface area contributed by atoms with Crippen LogP contribution in [0.2, 0.25) is 0 Å². The van der Waals surface area contributed by atoms with E-state index in [4.69, 9.17) is 9.84 Å². The first-order valence-corrected chi connectivity index (χ1v) is 4.07. The van der Waals surface area contributed by atoms with Crippen molar-refractivity contribution in [2.24, 2.45) is 0 Å². The van der Waals surface area contributed by atoms with Crippen LogP contribution >= 0.6 is 0 Å². The summed E-state index contributed by atoms with van der Waals surface area (Å²) in [6.45, 7) is 0. The van der Waals surface area contributed by atoms with Crippen LogP contribution in [0.1, 0.15) is 12.0 Å². The smallest absolute Gasteiger partial charge is 0.315 e. The molecule has 0 aliphatic rings. The second kappa shape index (κ2) is 4.93. The van der Waals surface area contributed by atoms with Gasteiger partial charge in [-0.15, -0.1) is 0 Å². The fourth-order valence-corrected chi connectivity index (χ4v) is 0.923. The predicted octanol–water partition coefficient (Wildman–Crippen LogP) is 1.52. The number of aliphatic carboxylic acids is 1. The average Bonchev–Trinajstić information content (AvgIpc) is 2.18. The first-order valence-electron chi connectivity index (χ1n) is 4.07. The molecule has 0 saturated carbocycles. The highest BCUT2D eigenvalue weighted by molar-refractivity contribution is 5.70. The van der Waals surface area contributed by atoms with Gasteiger partial charge in [-0.3, -0.25) is 4.79 Å². The summed E-state index contributed by atoms with van der Waals surface area (Å²) in [4.78, 5) is 10.2. The number of hydrogen-bond donors (Lipinski definition) is 1. The Hall–Kier alpha value is -1.95. The minimum Gasteiger partial charge on any atom is -0.497 e. The van der Waals surface area contributed by atoms with Gasteiger partial charge in [0.25, 0.3) is 0 Å². The van der Waals surface area contributed by atoms with Crippen LogP contribution in [-0.4, -0.2) is 18.2 Å². The molecule has 0 aliphatic heterocycles. The van der Waals surface area contributed by atoms with Crippen molar-refractivity contribution in [3.05, 3.63) is 29.8 Å². The van der Waals surface area contributed by atoms with E-state index in [0.717, 1.165) is 5.56 Å². The van der Waals surface area contributed by atoms with E-state index >= 15 is 0 Å². The third-order valence-electron chi connectivity index (χ3n) is 1.54. The number of carbonyl (C=O) groups is 1. The zero-order chi connectivity index (χ0) is 10.4. The third-order valence-corrected chi connectivity index (χ3v) is 1.54. The Morgan fingerprint density at radius 2 is 2.36 bits per heavy atom. The van der Waals surface area contributed by atoms with Gasteiger partial charge < -0.3 is 9.84 Å². The van der Waals surface area contributed by atoms with Crippen LogP contribution in [0.3, 0.4) is 0 Å². The van der Waals surface area contributed by atoms with E-state index in [1.807, 2.05) is 12.1 Å². The molecule has 1 N–H and O–H groups in total. The zero-order valence-electron chi connectivity index (χ0n) is 7.78. The second-order valence-electron chi connectivity index (χ2n) is 2.60. The van der Waals surface area contributed by atoms with Gasteiger partial charge in [0.15, 0.2) is 0 Å². The molecule has 0 bridgehead atoms. The van der Waals surface area contributed by atoms with Gasteiger partial charge in [0.05, 0.1) is 7.11 Å². The highest BCUT2D eigenvalue weighted by Crippen LogP contribution is 2.11. The molecule has 0 fully saturated rings. The van der Waals surface area contributed by atoms with Gasteiger partial charge in [0.2, 0.25) is 0 Å². The normalized spacial score (nSPS) is 8.64. The number of hydrogen-bond acceptors (Lipinski definition) is 2. The number of ether oxygens (including phenoxy) is 1. The molecular weight excluding hydrogens is 180 g/mol. The van der Waals surface area contributed by atoms with E-state index in [-0.39, 0.29) is 6.42 Å². The second-order valence-corrected chi connectivity index (χ2v) is 2.60. The summed E-state index contributed by atoms with van der Waals surface area (Å²) in [6.07, 6.45) is -0.142. The van der Waals surface area contributed by atoms with Crippen LogP contribution in [-0.2, 0) is 4.79 Å². The maximum atomic E-state index is 10.2. The van der Waals surface area contributed by atoms with Gasteiger partial charge in [-0.05, 0) is 18.2 Å². The summed E-state index contributed by atoms with van der Waals surface area (Å²) < 4.78 is 5.00. The Kier molecular flexibility index (Phi) is 3.57. The van der Waals surface area contributed by atoms with Crippen molar-refractivity contribution in [3.63, 3.8) is 0 Å². The SMILES string of the molecule is COc1cccc(C#CCC(=O)O)c1. The molecule has 0 spiro atoms. The van der Waals surface area contributed by atoms with Crippen molar-refractivity contribution in [2.75, 3.05) is 7.11 Å². The predicted molar refractivity (Wildman–Crippen MR) is 52.1 cm³/mol. The fraction of sp³-hybridized carbons (Fsp3) is 0.182. The van der Waals surface area contributed by atoms with E-state index < -0.39 is 5.97 Å². The quantitative estimate of drug-likeness (QED) is 0.719. The van der Waals surface area contributed by atoms with Crippen molar-refractivity contribution < 1.29 is 14.6 Å². The van der Waals surface area contributed by atoms with E-state index in [1.54, 1.807) is 19.2 Å². The monoisotopic (exact) mass is 190 g/mol. The molecule has 0 atom stereocenters. The Bertz CT molecular complexity index is 385. The Labute approximate surface area is 82.3 Å². The van der Waals surface area contributed by atoms with Crippen LogP contribution in [0.4, 0.5) is 0 Å². The molecule has 0 heterocycles. The zero-order valence-corrected chi connectivity index (χ0v) is 7.78. The fourth-order valence-electron chi connectivity index (χ4n) is 0.923. The summed E-state index contributed by atoms with van der Waals surface area (Å²) in [5.74, 6) is 5.09. The van der Waals surface area contributed by atoms with E-state index in [0.29, 0.717) is 5.75 Å². The van der Waals surface area contributed by atoms with Crippen molar-refractivity contribution in [2.45, 2.75) is 6.42 Å². The van der Waals surface area contributed by atoms with E-state index in [9.17, 15) is 4.79 Å². The molecule has 72 valence electrons. The van der Waals surface area contributed by atoms with Gasteiger partial charge in [-0.1, -0.05) is 17.9 Å². The maximum absolute atomic E-state index is 10.2. The highest BCUT2D eigenvalue weighted by Gasteiger charge is 1.92. The lowest BCUT2D eigenvalue weighted by Crippen LogP contribution is -1.90. The summed E-state index contributed by atoms with van der Waals surface area (Å²) in [5, 5.41) is 8.37. The van der Waals surface area contributed by atoms with Crippen molar-refractivity contribution in [1.82, 2.24) is 0 Å². The Balaban J connectivity index is 2.74. The van der Waals surface area contributed by atoms with Gasteiger partial charge in [-0.2, -0.15) is 0 Å². The van der Waals surface area contributed by atoms with Crippen molar-refractivity contribution in [3.8, 4) is 17.6 Å². The van der Waals surface area contributed by atoms with Crippen LogP contribution in [0, 0.1) is 11.8 Å². The third kappa shape index (κ3) is 3.20.